The van der Waals surface area contributed by atoms with E-state index in [9.17, 15) is 18.3 Å². The normalized spacial score (nSPS) is 30.5. The number of alkyl halides is 3. The summed E-state index contributed by atoms with van der Waals surface area (Å²) in [5, 5.41) is 13.3. The van der Waals surface area contributed by atoms with Crippen molar-refractivity contribution in [2.75, 3.05) is 0 Å². The van der Waals surface area contributed by atoms with Crippen molar-refractivity contribution in [1.82, 2.24) is 9.78 Å². The van der Waals surface area contributed by atoms with E-state index in [1.165, 1.54) is 10.9 Å². The Bertz CT molecular complexity index is 388. The summed E-state index contributed by atoms with van der Waals surface area (Å²) in [7, 11) is 0. The Morgan fingerprint density at radius 1 is 1.41 bits per heavy atom. The second kappa shape index (κ2) is 4.33. The largest absolute Gasteiger partial charge is 0.435 e. The van der Waals surface area contributed by atoms with Gasteiger partial charge in [0.05, 0.1) is 12.1 Å². The molecule has 1 aromatic heterocycles. The minimum Gasteiger partial charge on any atom is -0.391 e. The average molecular weight is 248 g/mol. The molecule has 6 heteroatoms. The fourth-order valence-electron chi connectivity index (χ4n) is 2.29. The third-order valence-corrected chi connectivity index (χ3v) is 3.28. The zero-order valence-corrected chi connectivity index (χ0v) is 9.48. The van der Waals surface area contributed by atoms with Gasteiger partial charge in [-0.05, 0) is 31.2 Å². The molecule has 0 aliphatic heterocycles. The summed E-state index contributed by atoms with van der Waals surface area (Å²) in [6.07, 6.45) is -1.53. The number of aliphatic hydroxyl groups is 1. The van der Waals surface area contributed by atoms with E-state index >= 15 is 0 Å². The Hall–Kier alpha value is -1.04. The molecule has 1 heterocycles. The molecule has 0 aromatic carbocycles. The van der Waals surface area contributed by atoms with Gasteiger partial charge in [0.1, 0.15) is 0 Å². The van der Waals surface area contributed by atoms with E-state index in [0.717, 1.165) is 12.5 Å². The molecule has 0 amide bonds. The lowest BCUT2D eigenvalue weighted by atomic mass is 9.85. The predicted octanol–water partition coefficient (Wildman–Crippen LogP) is 2.62. The summed E-state index contributed by atoms with van der Waals surface area (Å²) < 4.78 is 38.5. The maximum absolute atomic E-state index is 12.4. The highest BCUT2D eigenvalue weighted by Gasteiger charge is 2.35. The van der Waals surface area contributed by atoms with Gasteiger partial charge >= 0.3 is 6.18 Å². The number of hydrogen-bond donors (Lipinski definition) is 1. The summed E-state index contributed by atoms with van der Waals surface area (Å²) in [5.41, 5.74) is -0.900. The lowest BCUT2D eigenvalue weighted by Gasteiger charge is -2.31. The molecule has 0 bridgehead atoms. The molecule has 3 unspecified atom stereocenters. The molecule has 1 aliphatic rings. The van der Waals surface area contributed by atoms with Crippen molar-refractivity contribution in [3.63, 3.8) is 0 Å². The molecule has 1 fully saturated rings. The van der Waals surface area contributed by atoms with E-state index in [1.54, 1.807) is 0 Å². The zero-order chi connectivity index (χ0) is 12.6. The lowest BCUT2D eigenvalue weighted by molar-refractivity contribution is -0.141. The third kappa shape index (κ3) is 2.62. The van der Waals surface area contributed by atoms with Crippen LogP contribution in [0.3, 0.4) is 0 Å². The van der Waals surface area contributed by atoms with E-state index in [1.807, 2.05) is 6.92 Å². The van der Waals surface area contributed by atoms with Crippen molar-refractivity contribution in [2.24, 2.45) is 5.92 Å². The number of halogens is 3. The fraction of sp³-hybridized carbons (Fsp3) is 0.727. The van der Waals surface area contributed by atoms with Gasteiger partial charge in [-0.15, -0.1) is 0 Å². The first-order valence-electron chi connectivity index (χ1n) is 5.68. The van der Waals surface area contributed by atoms with Crippen LogP contribution in [0.4, 0.5) is 13.2 Å². The summed E-state index contributed by atoms with van der Waals surface area (Å²) in [4.78, 5) is 0. The van der Waals surface area contributed by atoms with Crippen molar-refractivity contribution in [3.05, 3.63) is 18.0 Å². The first kappa shape index (κ1) is 12.4. The minimum atomic E-state index is -4.42. The lowest BCUT2D eigenvalue weighted by Crippen LogP contribution is -2.31. The average Bonchev–Trinajstić information content (AvgIpc) is 2.70. The second-order valence-electron chi connectivity index (χ2n) is 4.73. The van der Waals surface area contributed by atoms with Crippen LogP contribution in [0, 0.1) is 5.92 Å². The fourth-order valence-corrected chi connectivity index (χ4v) is 2.29. The minimum absolute atomic E-state index is 0.338. The quantitative estimate of drug-likeness (QED) is 0.829. The summed E-state index contributed by atoms with van der Waals surface area (Å²) in [6.45, 7) is 2.03. The number of aliphatic hydroxyl groups excluding tert-OH is 1. The van der Waals surface area contributed by atoms with Crippen LogP contribution in [0.2, 0.25) is 0 Å². The van der Waals surface area contributed by atoms with Crippen molar-refractivity contribution < 1.29 is 18.3 Å². The predicted molar refractivity (Wildman–Crippen MR) is 55.3 cm³/mol. The van der Waals surface area contributed by atoms with Crippen LogP contribution in [0.25, 0.3) is 0 Å². The maximum Gasteiger partial charge on any atom is 0.435 e. The van der Waals surface area contributed by atoms with E-state index < -0.39 is 18.0 Å². The summed E-state index contributed by atoms with van der Waals surface area (Å²) >= 11 is 0. The third-order valence-electron chi connectivity index (χ3n) is 3.28. The molecule has 0 radical (unpaired) electrons. The zero-order valence-electron chi connectivity index (χ0n) is 9.48. The van der Waals surface area contributed by atoms with Crippen molar-refractivity contribution in [2.45, 2.75) is 44.5 Å². The van der Waals surface area contributed by atoms with Gasteiger partial charge in [0, 0.05) is 6.20 Å². The van der Waals surface area contributed by atoms with Crippen molar-refractivity contribution >= 4 is 0 Å². The van der Waals surface area contributed by atoms with Gasteiger partial charge in [0.2, 0.25) is 0 Å². The second-order valence-corrected chi connectivity index (χ2v) is 4.73. The smallest absolute Gasteiger partial charge is 0.391 e. The van der Waals surface area contributed by atoms with Gasteiger partial charge in [0.25, 0.3) is 0 Å². The van der Waals surface area contributed by atoms with Crippen molar-refractivity contribution in [1.29, 1.82) is 0 Å². The van der Waals surface area contributed by atoms with Crippen LogP contribution in [0.5, 0.6) is 0 Å². The first-order valence-corrected chi connectivity index (χ1v) is 5.68. The number of aromatic nitrogens is 2. The Labute approximate surface area is 97.2 Å². The van der Waals surface area contributed by atoms with Crippen LogP contribution in [-0.4, -0.2) is 21.0 Å². The van der Waals surface area contributed by atoms with E-state index in [-0.39, 0.29) is 6.04 Å². The van der Waals surface area contributed by atoms with Gasteiger partial charge in [-0.3, -0.25) is 4.68 Å². The van der Waals surface area contributed by atoms with Gasteiger partial charge < -0.3 is 5.11 Å². The Morgan fingerprint density at radius 2 is 2.12 bits per heavy atom. The number of rotatable bonds is 1. The molecule has 1 aliphatic carbocycles. The molecular weight excluding hydrogens is 233 g/mol. The van der Waals surface area contributed by atoms with Gasteiger partial charge in [-0.2, -0.15) is 18.3 Å². The standard InChI is InChI=1S/C11H15F3N2O/c1-7-2-3-9(17)8(6-7)16-5-4-10(15-16)11(12,13)14/h4-5,7-9,17H,2-3,6H2,1H3. The van der Waals surface area contributed by atoms with Gasteiger partial charge in [-0.25, -0.2) is 0 Å². The maximum atomic E-state index is 12.4. The van der Waals surface area contributed by atoms with Crippen LogP contribution < -0.4 is 0 Å². The van der Waals surface area contributed by atoms with Crippen LogP contribution in [0.15, 0.2) is 12.3 Å². The summed E-state index contributed by atoms with van der Waals surface area (Å²) in [5.74, 6) is 0.405. The van der Waals surface area contributed by atoms with Crippen molar-refractivity contribution in [3.8, 4) is 0 Å². The molecule has 2 rings (SSSR count). The molecule has 3 atom stereocenters. The van der Waals surface area contributed by atoms with Crippen LogP contribution in [-0.2, 0) is 6.18 Å². The van der Waals surface area contributed by atoms with E-state index in [4.69, 9.17) is 0 Å². The molecular formula is C11H15F3N2O. The molecule has 1 N–H and O–H groups in total. The van der Waals surface area contributed by atoms with Crippen LogP contribution >= 0.6 is 0 Å². The molecule has 17 heavy (non-hydrogen) atoms. The topological polar surface area (TPSA) is 38.0 Å². The molecule has 0 spiro atoms. The highest BCUT2D eigenvalue weighted by Crippen LogP contribution is 2.34. The van der Waals surface area contributed by atoms with Crippen LogP contribution in [0.1, 0.15) is 37.9 Å². The molecule has 1 saturated carbocycles. The highest BCUT2D eigenvalue weighted by molar-refractivity contribution is 5.04. The van der Waals surface area contributed by atoms with Gasteiger partial charge in [-0.1, -0.05) is 6.92 Å². The van der Waals surface area contributed by atoms with Gasteiger partial charge in [0.15, 0.2) is 5.69 Å². The number of hydrogen-bond acceptors (Lipinski definition) is 2. The van der Waals surface area contributed by atoms with E-state index in [2.05, 4.69) is 5.10 Å². The Kier molecular flexibility index (Phi) is 3.16. The molecule has 0 saturated heterocycles. The Balaban J connectivity index is 2.19. The SMILES string of the molecule is CC1CCC(O)C(n2ccc(C(F)(F)F)n2)C1. The highest BCUT2D eigenvalue weighted by atomic mass is 19.4. The Morgan fingerprint density at radius 3 is 2.71 bits per heavy atom. The van der Waals surface area contributed by atoms with E-state index in [0.29, 0.717) is 18.8 Å². The monoisotopic (exact) mass is 248 g/mol. The summed E-state index contributed by atoms with van der Waals surface area (Å²) in [6, 6.07) is 0.612. The molecule has 3 nitrogen and oxygen atoms in total. The number of nitrogens with zero attached hydrogens (tertiary/aromatic N) is 2. The first-order chi connectivity index (χ1) is 7.88. The molecule has 96 valence electrons. The molecule has 1 aromatic rings.